The lowest BCUT2D eigenvalue weighted by molar-refractivity contribution is 0.553. The molecular weight excluding hydrogens is 356 g/mol. The van der Waals surface area contributed by atoms with E-state index in [1.54, 1.807) is 0 Å². The Morgan fingerprint density at radius 2 is 1.72 bits per heavy atom. The Morgan fingerprint density at radius 3 is 2.31 bits per heavy atom. The van der Waals surface area contributed by atoms with Gasteiger partial charge in [-0.05, 0) is 75.1 Å². The van der Waals surface area contributed by atoms with E-state index in [-0.39, 0.29) is 5.54 Å². The normalized spacial score (nSPS) is 15.3. The molecule has 4 heteroatoms. The lowest BCUT2D eigenvalue weighted by Crippen LogP contribution is -2.17. The Balaban J connectivity index is 1.67. The van der Waals surface area contributed by atoms with E-state index >= 15 is 0 Å². The summed E-state index contributed by atoms with van der Waals surface area (Å²) in [6.07, 6.45) is 4.28. The van der Waals surface area contributed by atoms with Crippen LogP contribution in [0.25, 0.3) is 16.0 Å². The van der Waals surface area contributed by atoms with E-state index in [4.69, 9.17) is 6.57 Å². The van der Waals surface area contributed by atoms with Crippen LogP contribution in [0.1, 0.15) is 48.2 Å². The molecule has 1 aliphatic rings. The number of hydrogen-bond acceptors (Lipinski definition) is 2. The van der Waals surface area contributed by atoms with Crippen LogP contribution in [0, 0.1) is 27.3 Å². The summed E-state index contributed by atoms with van der Waals surface area (Å²) in [6, 6.07) is 15.2. The zero-order chi connectivity index (χ0) is 20.6. The Labute approximate surface area is 173 Å². The summed E-state index contributed by atoms with van der Waals surface area (Å²) >= 11 is 0. The van der Waals surface area contributed by atoms with Gasteiger partial charge in [0.15, 0.2) is 0 Å². The van der Waals surface area contributed by atoms with Crippen LogP contribution in [0.15, 0.2) is 42.5 Å². The van der Waals surface area contributed by atoms with E-state index in [9.17, 15) is 0 Å². The van der Waals surface area contributed by atoms with Gasteiger partial charge in [0, 0.05) is 48.1 Å². The highest BCUT2D eigenvalue weighted by Crippen LogP contribution is 2.43. The first kappa shape index (κ1) is 19.3. The smallest absolute Gasteiger partial charge is 0.257 e. The number of anilines is 2. The molecule has 0 saturated heterocycles. The highest BCUT2D eigenvalue weighted by atomic mass is 15.1. The van der Waals surface area contributed by atoms with Crippen molar-refractivity contribution >= 4 is 11.4 Å². The fourth-order valence-corrected chi connectivity index (χ4v) is 4.66. The minimum Gasteiger partial charge on any atom is -0.344 e. The third-order valence-electron chi connectivity index (χ3n) is 6.42. The molecule has 1 aliphatic carbocycles. The highest BCUT2D eigenvalue weighted by molar-refractivity contribution is 5.76. The van der Waals surface area contributed by atoms with Gasteiger partial charge in [0.25, 0.3) is 5.54 Å². The van der Waals surface area contributed by atoms with Crippen molar-refractivity contribution in [3.05, 3.63) is 76.4 Å². The molecule has 1 fully saturated rings. The molecule has 4 rings (SSSR count). The number of rotatable bonds is 4. The van der Waals surface area contributed by atoms with Gasteiger partial charge in [0.2, 0.25) is 0 Å². The van der Waals surface area contributed by atoms with Crippen LogP contribution < -0.4 is 4.90 Å². The molecule has 1 heterocycles. The summed E-state index contributed by atoms with van der Waals surface area (Å²) in [5.41, 5.74) is 8.86. The summed E-state index contributed by atoms with van der Waals surface area (Å²) in [6.45, 7) is 14.0. The quantitative estimate of drug-likeness (QED) is 0.524. The zero-order valence-corrected chi connectivity index (χ0v) is 17.7. The van der Waals surface area contributed by atoms with E-state index in [2.05, 4.69) is 83.3 Å². The van der Waals surface area contributed by atoms with Crippen molar-refractivity contribution in [1.29, 1.82) is 0 Å². The summed E-state index contributed by atoms with van der Waals surface area (Å²) in [7, 11) is 2.11. The molecule has 1 saturated carbocycles. The van der Waals surface area contributed by atoms with Crippen molar-refractivity contribution in [1.82, 2.24) is 10.2 Å². The van der Waals surface area contributed by atoms with Crippen molar-refractivity contribution in [2.45, 2.75) is 52.0 Å². The summed E-state index contributed by atoms with van der Waals surface area (Å²) in [4.78, 5) is 6.25. The maximum absolute atomic E-state index is 7.72. The van der Waals surface area contributed by atoms with Gasteiger partial charge in [-0.3, -0.25) is 5.10 Å². The van der Waals surface area contributed by atoms with Crippen molar-refractivity contribution in [3.8, 4) is 11.1 Å². The van der Waals surface area contributed by atoms with E-state index < -0.39 is 0 Å². The van der Waals surface area contributed by atoms with Crippen LogP contribution >= 0.6 is 0 Å². The minimum atomic E-state index is -0.302. The Kier molecular flexibility index (Phi) is 4.92. The topological polar surface area (TPSA) is 36.3 Å². The molecule has 0 unspecified atom stereocenters. The van der Waals surface area contributed by atoms with Gasteiger partial charge >= 0.3 is 0 Å². The molecule has 148 valence electrons. The SMILES string of the molecule is [C-]#[N+]C1(c2ccc(N(C)c3cc(-c4c(C)n[nH]c4C)ccc3C)cc2)CCCC1. The largest absolute Gasteiger partial charge is 0.344 e. The molecule has 3 aromatic rings. The van der Waals surface area contributed by atoms with Crippen LogP contribution in [0.3, 0.4) is 0 Å². The van der Waals surface area contributed by atoms with Crippen molar-refractivity contribution in [2.24, 2.45) is 0 Å². The summed E-state index contributed by atoms with van der Waals surface area (Å²) in [5.74, 6) is 0. The molecule has 1 aromatic heterocycles. The number of benzene rings is 2. The molecule has 2 aromatic carbocycles. The second kappa shape index (κ2) is 7.40. The van der Waals surface area contributed by atoms with Crippen LogP contribution in [-0.4, -0.2) is 17.2 Å². The third kappa shape index (κ3) is 3.31. The molecule has 0 spiro atoms. The monoisotopic (exact) mass is 384 g/mol. The second-order valence-corrected chi connectivity index (χ2v) is 8.27. The maximum Gasteiger partial charge on any atom is 0.257 e. The average molecular weight is 385 g/mol. The van der Waals surface area contributed by atoms with E-state index in [1.807, 2.05) is 6.92 Å². The van der Waals surface area contributed by atoms with E-state index in [1.165, 1.54) is 22.4 Å². The van der Waals surface area contributed by atoms with Crippen LogP contribution in [0.2, 0.25) is 0 Å². The molecule has 29 heavy (non-hydrogen) atoms. The van der Waals surface area contributed by atoms with E-state index in [0.717, 1.165) is 48.3 Å². The molecule has 0 atom stereocenters. The number of aromatic nitrogens is 2. The first-order valence-electron chi connectivity index (χ1n) is 10.3. The van der Waals surface area contributed by atoms with E-state index in [0.29, 0.717) is 0 Å². The Bertz CT molecular complexity index is 1040. The predicted octanol–water partition coefficient (Wildman–Crippen LogP) is 6.46. The second-order valence-electron chi connectivity index (χ2n) is 8.27. The number of aromatic amines is 1. The first-order valence-corrected chi connectivity index (χ1v) is 10.3. The highest BCUT2D eigenvalue weighted by Gasteiger charge is 2.41. The predicted molar refractivity (Wildman–Crippen MR) is 119 cm³/mol. The summed E-state index contributed by atoms with van der Waals surface area (Å²) in [5, 5.41) is 7.43. The van der Waals surface area contributed by atoms with Gasteiger partial charge in [-0.25, -0.2) is 6.57 Å². The van der Waals surface area contributed by atoms with Crippen LogP contribution in [-0.2, 0) is 5.54 Å². The van der Waals surface area contributed by atoms with Crippen molar-refractivity contribution < 1.29 is 0 Å². The Hall–Kier alpha value is -3.06. The maximum atomic E-state index is 7.72. The molecule has 1 N–H and O–H groups in total. The fraction of sp³-hybridized carbons (Fsp3) is 0.360. The third-order valence-corrected chi connectivity index (χ3v) is 6.42. The van der Waals surface area contributed by atoms with Gasteiger partial charge in [0.05, 0.1) is 5.69 Å². The standard InChI is InChI=1S/C25H28N4/c1-17-8-9-20(24-18(2)27-28-19(24)3)16-23(17)29(5)22-12-10-21(11-13-22)25(26-4)14-6-7-15-25/h8-13,16H,6-7,14-15H2,1-3,5H3,(H,27,28). The minimum absolute atomic E-state index is 0.302. The first-order chi connectivity index (χ1) is 13.9. The number of aryl methyl sites for hydroxylation is 3. The van der Waals surface area contributed by atoms with Crippen molar-refractivity contribution in [3.63, 3.8) is 0 Å². The van der Waals surface area contributed by atoms with Gasteiger partial charge in [0.1, 0.15) is 0 Å². The number of hydrogen-bond donors (Lipinski definition) is 1. The molecule has 0 radical (unpaired) electrons. The lowest BCUT2D eigenvalue weighted by atomic mass is 9.89. The molecule has 4 nitrogen and oxygen atoms in total. The zero-order valence-electron chi connectivity index (χ0n) is 17.7. The van der Waals surface area contributed by atoms with Gasteiger partial charge < -0.3 is 9.74 Å². The molecule has 0 amide bonds. The van der Waals surface area contributed by atoms with Crippen LogP contribution in [0.5, 0.6) is 0 Å². The van der Waals surface area contributed by atoms with Gasteiger partial charge in [-0.2, -0.15) is 5.10 Å². The lowest BCUT2D eigenvalue weighted by Gasteiger charge is -2.24. The average Bonchev–Trinajstić information content (AvgIpc) is 3.36. The van der Waals surface area contributed by atoms with Gasteiger partial charge in [-0.1, -0.05) is 12.1 Å². The number of H-pyrrole nitrogens is 1. The van der Waals surface area contributed by atoms with Crippen LogP contribution in [0.4, 0.5) is 11.4 Å². The fourth-order valence-electron chi connectivity index (χ4n) is 4.66. The summed E-state index contributed by atoms with van der Waals surface area (Å²) < 4.78 is 0. The molecule has 0 bridgehead atoms. The molecular formula is C25H28N4. The van der Waals surface area contributed by atoms with Gasteiger partial charge in [-0.15, -0.1) is 0 Å². The number of nitrogens with one attached hydrogen (secondary N) is 1. The molecule has 0 aliphatic heterocycles. The van der Waals surface area contributed by atoms with Crippen molar-refractivity contribution in [2.75, 3.05) is 11.9 Å². The Morgan fingerprint density at radius 1 is 1.03 bits per heavy atom. The number of nitrogens with zero attached hydrogens (tertiary/aromatic N) is 3.